The summed E-state index contributed by atoms with van der Waals surface area (Å²) in [6.45, 7) is 1.26. The van der Waals surface area contributed by atoms with Crippen LogP contribution in [0.15, 0.2) is 23.2 Å². The molecule has 0 fully saturated rings. The number of carbonyl (C=O) groups is 1. The highest BCUT2D eigenvalue weighted by Gasteiger charge is 2.29. The molecule has 0 radical (unpaired) electrons. The van der Waals surface area contributed by atoms with Crippen LogP contribution in [0.2, 0.25) is 0 Å². The second-order valence-electron chi connectivity index (χ2n) is 3.53. The summed E-state index contributed by atoms with van der Waals surface area (Å²) in [6, 6.07) is 3.04. The van der Waals surface area contributed by atoms with Crippen molar-refractivity contribution in [3.05, 3.63) is 24.0 Å². The van der Waals surface area contributed by atoms with Gasteiger partial charge in [-0.3, -0.25) is 4.79 Å². The van der Waals surface area contributed by atoms with Gasteiger partial charge in [-0.15, -0.1) is 0 Å². The summed E-state index contributed by atoms with van der Waals surface area (Å²) in [5.41, 5.74) is 0.0860. The Morgan fingerprint density at radius 2 is 2.17 bits per heavy atom. The SMILES string of the molecule is CC(C(=O)O)N(C)S(=O)(=O)c1ccc(C#N)nc1. The number of carboxylic acids is 1. The molecular formula is C10H11N3O4S. The van der Waals surface area contributed by atoms with Gasteiger partial charge in [0.15, 0.2) is 0 Å². The number of rotatable bonds is 4. The van der Waals surface area contributed by atoms with Gasteiger partial charge in [0.2, 0.25) is 10.0 Å². The van der Waals surface area contributed by atoms with Crippen LogP contribution in [0.25, 0.3) is 0 Å². The van der Waals surface area contributed by atoms with Gasteiger partial charge in [-0.2, -0.15) is 9.57 Å². The quantitative estimate of drug-likeness (QED) is 0.826. The fourth-order valence-corrected chi connectivity index (χ4v) is 2.39. The molecule has 8 heteroatoms. The highest BCUT2D eigenvalue weighted by atomic mass is 32.2. The third kappa shape index (κ3) is 2.64. The van der Waals surface area contributed by atoms with Gasteiger partial charge in [0, 0.05) is 13.2 Å². The van der Waals surface area contributed by atoms with E-state index in [4.69, 9.17) is 10.4 Å². The first kappa shape index (κ1) is 14.1. The van der Waals surface area contributed by atoms with Crippen LogP contribution in [0.4, 0.5) is 0 Å². The zero-order valence-corrected chi connectivity index (χ0v) is 10.5. The molecule has 0 aliphatic rings. The second kappa shape index (κ2) is 5.12. The second-order valence-corrected chi connectivity index (χ2v) is 5.52. The molecule has 0 bridgehead atoms. The first-order chi connectivity index (χ1) is 8.30. The van der Waals surface area contributed by atoms with E-state index in [0.717, 1.165) is 10.5 Å². The van der Waals surface area contributed by atoms with Crippen LogP contribution in [0.1, 0.15) is 12.6 Å². The van der Waals surface area contributed by atoms with Crippen LogP contribution in [0.3, 0.4) is 0 Å². The van der Waals surface area contributed by atoms with Gasteiger partial charge in [0.25, 0.3) is 0 Å². The van der Waals surface area contributed by atoms with Gasteiger partial charge in [0.05, 0.1) is 0 Å². The van der Waals surface area contributed by atoms with Gasteiger partial charge in [-0.05, 0) is 19.1 Å². The highest BCUT2D eigenvalue weighted by Crippen LogP contribution is 2.15. The Kier molecular flexibility index (Phi) is 4.00. The minimum Gasteiger partial charge on any atom is -0.480 e. The van der Waals surface area contributed by atoms with Crippen LogP contribution >= 0.6 is 0 Å². The summed E-state index contributed by atoms with van der Waals surface area (Å²) in [5, 5.41) is 17.3. The van der Waals surface area contributed by atoms with Crippen molar-refractivity contribution in [1.29, 1.82) is 5.26 Å². The topological polar surface area (TPSA) is 111 Å². The zero-order valence-electron chi connectivity index (χ0n) is 9.73. The number of aromatic nitrogens is 1. The lowest BCUT2D eigenvalue weighted by atomic mass is 10.4. The molecule has 18 heavy (non-hydrogen) atoms. The third-order valence-electron chi connectivity index (χ3n) is 2.43. The van der Waals surface area contributed by atoms with E-state index >= 15 is 0 Å². The van der Waals surface area contributed by atoms with Gasteiger partial charge >= 0.3 is 5.97 Å². The smallest absolute Gasteiger partial charge is 0.321 e. The van der Waals surface area contributed by atoms with E-state index in [2.05, 4.69) is 4.98 Å². The molecule has 1 atom stereocenters. The van der Waals surface area contributed by atoms with Gasteiger partial charge in [-0.25, -0.2) is 13.4 Å². The van der Waals surface area contributed by atoms with Crippen molar-refractivity contribution in [3.8, 4) is 6.07 Å². The number of hydrogen-bond donors (Lipinski definition) is 1. The fourth-order valence-electron chi connectivity index (χ4n) is 1.13. The van der Waals surface area contributed by atoms with Crippen LogP contribution in [0.5, 0.6) is 0 Å². The normalized spacial score (nSPS) is 13.0. The standard InChI is InChI=1S/C10H11N3O4S/c1-7(10(14)15)13(2)18(16,17)9-4-3-8(5-11)12-6-9/h3-4,6-7H,1-2H3,(H,14,15). The van der Waals surface area contributed by atoms with E-state index in [0.29, 0.717) is 0 Å². The molecule has 0 spiro atoms. The summed E-state index contributed by atoms with van der Waals surface area (Å²) < 4.78 is 24.8. The number of sulfonamides is 1. The van der Waals surface area contributed by atoms with E-state index in [1.54, 1.807) is 6.07 Å². The lowest BCUT2D eigenvalue weighted by Crippen LogP contribution is -2.40. The number of aliphatic carboxylic acids is 1. The Morgan fingerprint density at radius 3 is 2.56 bits per heavy atom. The average molecular weight is 269 g/mol. The molecule has 0 saturated heterocycles. The summed E-state index contributed by atoms with van der Waals surface area (Å²) in [7, 11) is -2.75. The Labute approximate surface area is 104 Å². The van der Waals surface area contributed by atoms with Crippen molar-refractivity contribution in [1.82, 2.24) is 9.29 Å². The first-order valence-corrected chi connectivity index (χ1v) is 6.31. The molecule has 1 rings (SSSR count). The van der Waals surface area contributed by atoms with E-state index in [9.17, 15) is 13.2 Å². The number of pyridine rings is 1. The number of hydrogen-bond acceptors (Lipinski definition) is 5. The number of likely N-dealkylation sites (N-methyl/N-ethyl adjacent to an activating group) is 1. The molecule has 1 aromatic heterocycles. The Morgan fingerprint density at radius 1 is 1.56 bits per heavy atom. The van der Waals surface area contributed by atoms with Crippen molar-refractivity contribution in [2.75, 3.05) is 7.05 Å². The largest absolute Gasteiger partial charge is 0.480 e. The molecule has 1 N–H and O–H groups in total. The van der Waals surface area contributed by atoms with Crippen molar-refractivity contribution in [3.63, 3.8) is 0 Å². The van der Waals surface area contributed by atoms with Crippen molar-refractivity contribution in [2.24, 2.45) is 0 Å². The van der Waals surface area contributed by atoms with E-state index in [-0.39, 0.29) is 10.6 Å². The molecule has 1 unspecified atom stereocenters. The number of nitrogens with zero attached hydrogens (tertiary/aromatic N) is 3. The minimum absolute atomic E-state index is 0.0860. The molecule has 7 nitrogen and oxygen atoms in total. The van der Waals surface area contributed by atoms with Crippen LogP contribution in [-0.2, 0) is 14.8 Å². The number of carboxylic acid groups (broad SMARTS) is 1. The maximum absolute atomic E-state index is 12.0. The lowest BCUT2D eigenvalue weighted by molar-refractivity contribution is -0.140. The first-order valence-electron chi connectivity index (χ1n) is 4.87. The van der Waals surface area contributed by atoms with E-state index in [1.165, 1.54) is 26.1 Å². The molecule has 96 valence electrons. The van der Waals surface area contributed by atoms with Crippen LogP contribution < -0.4 is 0 Å². The summed E-state index contributed by atoms with van der Waals surface area (Å²) in [4.78, 5) is 14.2. The van der Waals surface area contributed by atoms with Gasteiger partial charge < -0.3 is 5.11 Å². The Balaban J connectivity index is 3.13. The monoisotopic (exact) mass is 269 g/mol. The van der Waals surface area contributed by atoms with Gasteiger partial charge in [0.1, 0.15) is 22.7 Å². The highest BCUT2D eigenvalue weighted by molar-refractivity contribution is 7.89. The summed E-state index contributed by atoms with van der Waals surface area (Å²) >= 11 is 0. The van der Waals surface area contributed by atoms with Crippen LogP contribution in [0, 0.1) is 11.3 Å². The molecule has 1 heterocycles. The number of nitriles is 1. The predicted octanol–water partition coefficient (Wildman–Crippen LogP) is 0.0469. The molecule has 1 aromatic rings. The average Bonchev–Trinajstić information content (AvgIpc) is 2.36. The predicted molar refractivity (Wildman–Crippen MR) is 61.0 cm³/mol. The van der Waals surface area contributed by atoms with E-state index < -0.39 is 22.0 Å². The van der Waals surface area contributed by atoms with Crippen LogP contribution in [-0.4, -0.2) is 41.9 Å². The summed E-state index contributed by atoms with van der Waals surface area (Å²) in [5.74, 6) is -1.25. The molecule has 0 aliphatic carbocycles. The fraction of sp³-hybridized carbons (Fsp3) is 0.300. The molecule has 0 amide bonds. The molecule has 0 aromatic carbocycles. The van der Waals surface area contributed by atoms with E-state index in [1.807, 2.05) is 0 Å². The molecule has 0 saturated carbocycles. The van der Waals surface area contributed by atoms with Gasteiger partial charge in [-0.1, -0.05) is 0 Å². The maximum Gasteiger partial charge on any atom is 0.321 e. The van der Waals surface area contributed by atoms with Crippen molar-refractivity contribution in [2.45, 2.75) is 17.9 Å². The lowest BCUT2D eigenvalue weighted by Gasteiger charge is -2.20. The minimum atomic E-state index is -3.93. The summed E-state index contributed by atoms with van der Waals surface area (Å²) in [6.07, 6.45) is 1.03. The van der Waals surface area contributed by atoms with Crippen molar-refractivity contribution < 1.29 is 18.3 Å². The maximum atomic E-state index is 12.0. The zero-order chi connectivity index (χ0) is 13.9. The van der Waals surface area contributed by atoms with Crippen molar-refractivity contribution >= 4 is 16.0 Å². The Hall–Kier alpha value is -1.98. The molecule has 0 aliphatic heterocycles. The third-order valence-corrected chi connectivity index (χ3v) is 4.34. The molecular weight excluding hydrogens is 258 g/mol. The Bertz CT molecular complexity index is 589.